The molecular weight excluding hydrogens is 318 g/mol. The third-order valence-corrected chi connectivity index (χ3v) is 5.49. The van der Waals surface area contributed by atoms with Crippen LogP contribution in [0.25, 0.3) is 10.9 Å². The van der Waals surface area contributed by atoms with E-state index in [0.29, 0.717) is 5.52 Å². The van der Waals surface area contributed by atoms with Crippen molar-refractivity contribution in [3.63, 3.8) is 0 Å². The molecule has 1 aromatic carbocycles. The molecular formula is C12H12ClN3O4S. The summed E-state index contributed by atoms with van der Waals surface area (Å²) in [6, 6.07) is 3.85. The van der Waals surface area contributed by atoms with Gasteiger partial charge in [0.2, 0.25) is 0 Å². The number of sulfone groups is 1. The Bertz CT molecular complexity index is 794. The van der Waals surface area contributed by atoms with Gasteiger partial charge in [-0.05, 0) is 19.4 Å². The molecule has 0 fully saturated rings. The first-order valence-corrected chi connectivity index (χ1v) is 8.15. The molecule has 0 saturated carbocycles. The maximum atomic E-state index is 12.5. The van der Waals surface area contributed by atoms with Crippen molar-refractivity contribution < 1.29 is 13.3 Å². The first-order chi connectivity index (χ1) is 9.87. The molecule has 0 bridgehead atoms. The molecule has 0 saturated heterocycles. The van der Waals surface area contributed by atoms with Crippen molar-refractivity contribution in [2.45, 2.75) is 23.6 Å². The van der Waals surface area contributed by atoms with Crippen LogP contribution < -0.4 is 0 Å². The highest BCUT2D eigenvalue weighted by Crippen LogP contribution is 2.27. The second-order valence-corrected chi connectivity index (χ2v) is 7.13. The lowest BCUT2D eigenvalue weighted by atomic mass is 10.2. The average molecular weight is 330 g/mol. The van der Waals surface area contributed by atoms with Crippen molar-refractivity contribution in [2.24, 2.45) is 0 Å². The van der Waals surface area contributed by atoms with Gasteiger partial charge in [-0.2, -0.15) is 0 Å². The normalized spacial score (nSPS) is 13.2. The fraction of sp³-hybridized carbons (Fsp3) is 0.333. The van der Waals surface area contributed by atoms with Crippen molar-refractivity contribution in [3.8, 4) is 0 Å². The van der Waals surface area contributed by atoms with Crippen LogP contribution in [0.15, 0.2) is 29.6 Å². The molecule has 1 atom stereocenters. The Balaban J connectivity index is 2.68. The van der Waals surface area contributed by atoms with Gasteiger partial charge in [0, 0.05) is 23.4 Å². The monoisotopic (exact) mass is 329 g/mol. The van der Waals surface area contributed by atoms with Crippen LogP contribution in [-0.2, 0) is 9.84 Å². The minimum absolute atomic E-state index is 0.146. The fourth-order valence-electron chi connectivity index (χ4n) is 1.86. The number of hydrogen-bond donors (Lipinski definition) is 0. The van der Waals surface area contributed by atoms with Crippen molar-refractivity contribution >= 4 is 38.0 Å². The highest BCUT2D eigenvalue weighted by Gasteiger charge is 2.27. The quantitative estimate of drug-likeness (QED) is 0.361. The standard InChI is InChI=1S/C12H12ClN3O4S/c1-8(4-5-13)21(19,20)12-10-6-9(16(17)18)2-3-11(10)14-7-15-12/h2-3,6-8H,4-5H2,1H3. The number of non-ortho nitro benzene ring substituents is 1. The van der Waals surface area contributed by atoms with E-state index >= 15 is 0 Å². The van der Waals surface area contributed by atoms with Gasteiger partial charge in [-0.15, -0.1) is 11.6 Å². The van der Waals surface area contributed by atoms with Gasteiger partial charge < -0.3 is 0 Å². The molecule has 1 aromatic heterocycles. The summed E-state index contributed by atoms with van der Waals surface area (Å²) in [6.07, 6.45) is 1.40. The lowest BCUT2D eigenvalue weighted by molar-refractivity contribution is -0.384. The summed E-state index contributed by atoms with van der Waals surface area (Å²) >= 11 is 5.59. The third kappa shape index (κ3) is 2.96. The Hall–Kier alpha value is -1.80. The summed E-state index contributed by atoms with van der Waals surface area (Å²) in [7, 11) is -3.73. The zero-order valence-electron chi connectivity index (χ0n) is 11.1. The van der Waals surface area contributed by atoms with Gasteiger partial charge in [-0.3, -0.25) is 10.1 Å². The van der Waals surface area contributed by atoms with E-state index in [-0.39, 0.29) is 28.4 Å². The summed E-state index contributed by atoms with van der Waals surface area (Å²) in [5.74, 6) is 0.198. The first-order valence-electron chi connectivity index (χ1n) is 6.07. The lowest BCUT2D eigenvalue weighted by Gasteiger charge is -2.12. The van der Waals surface area contributed by atoms with Crippen molar-refractivity contribution in [2.75, 3.05) is 5.88 Å². The van der Waals surface area contributed by atoms with E-state index in [4.69, 9.17) is 11.6 Å². The molecule has 9 heteroatoms. The minimum atomic E-state index is -3.73. The second kappa shape index (κ2) is 5.90. The predicted molar refractivity (Wildman–Crippen MR) is 78.2 cm³/mol. The maximum absolute atomic E-state index is 12.5. The number of aromatic nitrogens is 2. The number of alkyl halides is 1. The highest BCUT2D eigenvalue weighted by atomic mass is 35.5. The van der Waals surface area contributed by atoms with Gasteiger partial charge in [0.1, 0.15) is 6.33 Å². The number of nitrogens with zero attached hydrogens (tertiary/aromatic N) is 3. The molecule has 1 unspecified atom stereocenters. The Morgan fingerprint density at radius 3 is 2.71 bits per heavy atom. The lowest BCUT2D eigenvalue weighted by Crippen LogP contribution is -2.20. The molecule has 0 aliphatic carbocycles. The summed E-state index contributed by atoms with van der Waals surface area (Å²) in [5, 5.41) is 10.1. The van der Waals surface area contributed by atoms with E-state index < -0.39 is 20.0 Å². The topological polar surface area (TPSA) is 103 Å². The number of fused-ring (bicyclic) bond motifs is 1. The third-order valence-electron chi connectivity index (χ3n) is 3.11. The number of nitro benzene ring substituents is 1. The molecule has 21 heavy (non-hydrogen) atoms. The van der Waals surface area contributed by atoms with Crippen LogP contribution in [0.3, 0.4) is 0 Å². The van der Waals surface area contributed by atoms with Gasteiger partial charge in [0.25, 0.3) is 5.69 Å². The van der Waals surface area contributed by atoms with E-state index in [0.717, 1.165) is 6.33 Å². The molecule has 1 heterocycles. The number of benzene rings is 1. The van der Waals surface area contributed by atoms with Crippen LogP contribution in [0, 0.1) is 10.1 Å². The van der Waals surface area contributed by atoms with Crippen LogP contribution in [0.4, 0.5) is 5.69 Å². The molecule has 2 rings (SSSR count). The van der Waals surface area contributed by atoms with Gasteiger partial charge in [-0.25, -0.2) is 18.4 Å². The van der Waals surface area contributed by atoms with Crippen LogP contribution in [0.2, 0.25) is 0 Å². The second-order valence-electron chi connectivity index (χ2n) is 4.47. The van der Waals surface area contributed by atoms with Crippen LogP contribution >= 0.6 is 11.6 Å². The van der Waals surface area contributed by atoms with E-state index in [1.165, 1.54) is 25.1 Å². The molecule has 0 N–H and O–H groups in total. The summed E-state index contributed by atoms with van der Waals surface area (Å²) in [5.41, 5.74) is 0.131. The molecule has 7 nitrogen and oxygen atoms in total. The van der Waals surface area contributed by atoms with Crippen molar-refractivity contribution in [1.29, 1.82) is 0 Å². The Labute approximate surface area is 126 Å². The SMILES string of the molecule is CC(CCCl)S(=O)(=O)c1ncnc2ccc([N+](=O)[O-])cc12. The summed E-state index contributed by atoms with van der Waals surface area (Å²) in [6.45, 7) is 1.53. The van der Waals surface area contributed by atoms with Crippen LogP contribution in [0.1, 0.15) is 13.3 Å². The van der Waals surface area contributed by atoms with Crippen LogP contribution in [0.5, 0.6) is 0 Å². The van der Waals surface area contributed by atoms with E-state index in [1.54, 1.807) is 0 Å². The predicted octanol–water partition coefficient (Wildman–Crippen LogP) is 2.33. The van der Waals surface area contributed by atoms with E-state index in [9.17, 15) is 18.5 Å². The molecule has 0 amide bonds. The smallest absolute Gasteiger partial charge is 0.258 e. The molecule has 112 valence electrons. The Morgan fingerprint density at radius 2 is 2.10 bits per heavy atom. The zero-order valence-corrected chi connectivity index (χ0v) is 12.6. The minimum Gasteiger partial charge on any atom is -0.258 e. The van der Waals surface area contributed by atoms with E-state index in [2.05, 4.69) is 9.97 Å². The van der Waals surface area contributed by atoms with Crippen molar-refractivity contribution in [3.05, 3.63) is 34.6 Å². The number of rotatable bonds is 5. The van der Waals surface area contributed by atoms with Gasteiger partial charge >= 0.3 is 0 Å². The Kier molecular flexibility index (Phi) is 4.38. The summed E-state index contributed by atoms with van der Waals surface area (Å²) in [4.78, 5) is 18.0. The number of halogens is 1. The van der Waals surface area contributed by atoms with Gasteiger partial charge in [0.15, 0.2) is 14.9 Å². The highest BCUT2D eigenvalue weighted by molar-refractivity contribution is 7.92. The fourth-order valence-corrected chi connectivity index (χ4v) is 3.79. The molecule has 2 aromatic rings. The van der Waals surface area contributed by atoms with Crippen molar-refractivity contribution in [1.82, 2.24) is 9.97 Å². The number of hydrogen-bond acceptors (Lipinski definition) is 6. The average Bonchev–Trinajstić information content (AvgIpc) is 2.46. The molecule has 0 aliphatic heterocycles. The largest absolute Gasteiger partial charge is 0.270 e. The van der Waals surface area contributed by atoms with Crippen LogP contribution in [-0.4, -0.2) is 34.4 Å². The Morgan fingerprint density at radius 1 is 1.38 bits per heavy atom. The molecule has 0 spiro atoms. The number of nitro groups is 1. The molecule has 0 aliphatic rings. The summed E-state index contributed by atoms with van der Waals surface area (Å²) < 4.78 is 25.0. The van der Waals surface area contributed by atoms with Gasteiger partial charge in [0.05, 0.1) is 15.7 Å². The zero-order chi connectivity index (χ0) is 15.6. The maximum Gasteiger partial charge on any atom is 0.270 e. The van der Waals surface area contributed by atoms with E-state index in [1.807, 2.05) is 0 Å². The van der Waals surface area contributed by atoms with Gasteiger partial charge in [-0.1, -0.05) is 0 Å². The molecule has 0 radical (unpaired) electrons. The first kappa shape index (κ1) is 15.6.